The topological polar surface area (TPSA) is 52.8 Å². The van der Waals surface area contributed by atoms with Gasteiger partial charge in [0, 0.05) is 12.6 Å². The van der Waals surface area contributed by atoms with Crippen molar-refractivity contribution in [2.24, 2.45) is 0 Å². The van der Waals surface area contributed by atoms with E-state index in [1.165, 1.54) is 32.1 Å². The highest BCUT2D eigenvalue weighted by atomic mass is 15.2. The Morgan fingerprint density at radius 1 is 1.41 bits per heavy atom. The van der Waals surface area contributed by atoms with E-state index in [1.54, 1.807) is 12.4 Å². The van der Waals surface area contributed by atoms with Gasteiger partial charge in [0.1, 0.15) is 11.9 Å². The van der Waals surface area contributed by atoms with E-state index in [4.69, 9.17) is 5.26 Å². The predicted molar refractivity (Wildman–Crippen MR) is 66.6 cm³/mol. The minimum Gasteiger partial charge on any atom is -0.352 e. The number of nitrogens with zero attached hydrogens (tertiary/aromatic N) is 4. The predicted octanol–water partition coefficient (Wildman–Crippen LogP) is 2.51. The maximum Gasteiger partial charge on any atom is 0.158 e. The van der Waals surface area contributed by atoms with Crippen molar-refractivity contribution < 1.29 is 0 Å². The molecular formula is C13H18N4. The van der Waals surface area contributed by atoms with E-state index in [9.17, 15) is 0 Å². The molecule has 17 heavy (non-hydrogen) atoms. The average Bonchev–Trinajstić information content (AvgIpc) is 2.40. The highest BCUT2D eigenvalue weighted by molar-refractivity contribution is 5.39. The SMILES string of the molecule is CCCC1CCCCN1c1cnc(C#N)cn1. The van der Waals surface area contributed by atoms with Crippen molar-refractivity contribution in [2.45, 2.75) is 45.1 Å². The van der Waals surface area contributed by atoms with Crippen LogP contribution in [0.5, 0.6) is 0 Å². The fraction of sp³-hybridized carbons (Fsp3) is 0.615. The molecule has 0 saturated carbocycles. The second-order valence-electron chi connectivity index (χ2n) is 4.50. The van der Waals surface area contributed by atoms with Crippen molar-refractivity contribution in [3.8, 4) is 6.07 Å². The Morgan fingerprint density at radius 3 is 2.94 bits per heavy atom. The third kappa shape index (κ3) is 2.73. The van der Waals surface area contributed by atoms with Gasteiger partial charge in [-0.15, -0.1) is 0 Å². The Morgan fingerprint density at radius 2 is 2.29 bits per heavy atom. The number of hydrogen-bond acceptors (Lipinski definition) is 4. The first-order valence-electron chi connectivity index (χ1n) is 6.34. The van der Waals surface area contributed by atoms with Crippen LogP contribution in [0.4, 0.5) is 5.82 Å². The summed E-state index contributed by atoms with van der Waals surface area (Å²) in [5.41, 5.74) is 0.387. The summed E-state index contributed by atoms with van der Waals surface area (Å²) in [7, 11) is 0. The van der Waals surface area contributed by atoms with Crippen LogP contribution in [0, 0.1) is 11.3 Å². The molecule has 2 heterocycles. The Kier molecular flexibility index (Phi) is 3.92. The molecule has 1 unspecified atom stereocenters. The molecule has 1 aromatic rings. The van der Waals surface area contributed by atoms with Crippen LogP contribution in [0.1, 0.15) is 44.7 Å². The van der Waals surface area contributed by atoms with E-state index in [1.807, 2.05) is 6.07 Å². The molecule has 2 rings (SSSR count). The van der Waals surface area contributed by atoms with Crippen molar-refractivity contribution in [3.63, 3.8) is 0 Å². The number of piperidine rings is 1. The van der Waals surface area contributed by atoms with Crippen LogP contribution in [0.3, 0.4) is 0 Å². The summed E-state index contributed by atoms with van der Waals surface area (Å²) in [6, 6.07) is 2.59. The molecule has 0 bridgehead atoms. The third-order valence-corrected chi connectivity index (χ3v) is 3.30. The molecule has 4 nitrogen and oxygen atoms in total. The van der Waals surface area contributed by atoms with Crippen LogP contribution in [-0.4, -0.2) is 22.6 Å². The van der Waals surface area contributed by atoms with Crippen LogP contribution >= 0.6 is 0 Å². The molecule has 4 heteroatoms. The standard InChI is InChI=1S/C13H18N4/c1-2-5-12-6-3-4-7-17(12)13-10-15-11(8-14)9-16-13/h9-10,12H,2-7H2,1H3. The summed E-state index contributed by atoms with van der Waals surface area (Å²) in [6.45, 7) is 3.28. The van der Waals surface area contributed by atoms with Gasteiger partial charge in [-0.25, -0.2) is 9.97 Å². The van der Waals surface area contributed by atoms with Crippen molar-refractivity contribution in [1.29, 1.82) is 5.26 Å². The first-order chi connectivity index (χ1) is 8.35. The molecule has 0 amide bonds. The lowest BCUT2D eigenvalue weighted by molar-refractivity contribution is 0.431. The van der Waals surface area contributed by atoms with Crippen molar-refractivity contribution in [2.75, 3.05) is 11.4 Å². The third-order valence-electron chi connectivity index (χ3n) is 3.30. The van der Waals surface area contributed by atoms with Crippen molar-refractivity contribution in [1.82, 2.24) is 9.97 Å². The van der Waals surface area contributed by atoms with E-state index in [-0.39, 0.29) is 0 Å². The summed E-state index contributed by atoms with van der Waals surface area (Å²) in [5.74, 6) is 0.919. The Hall–Kier alpha value is -1.63. The zero-order valence-electron chi connectivity index (χ0n) is 10.3. The van der Waals surface area contributed by atoms with Crippen LogP contribution in [0.25, 0.3) is 0 Å². The van der Waals surface area contributed by atoms with E-state index >= 15 is 0 Å². The smallest absolute Gasteiger partial charge is 0.158 e. The number of nitriles is 1. The van der Waals surface area contributed by atoms with Gasteiger partial charge in [0.25, 0.3) is 0 Å². The molecule has 1 aromatic heterocycles. The van der Waals surface area contributed by atoms with E-state index in [0.717, 1.165) is 12.4 Å². The fourth-order valence-electron chi connectivity index (χ4n) is 2.46. The highest BCUT2D eigenvalue weighted by Gasteiger charge is 2.22. The first-order valence-corrected chi connectivity index (χ1v) is 6.34. The molecule has 0 aromatic carbocycles. The summed E-state index contributed by atoms with van der Waals surface area (Å²) in [5, 5.41) is 8.71. The summed E-state index contributed by atoms with van der Waals surface area (Å²) in [6.07, 6.45) is 9.48. The number of aromatic nitrogens is 2. The van der Waals surface area contributed by atoms with Gasteiger partial charge in [0.05, 0.1) is 12.4 Å². The van der Waals surface area contributed by atoms with Gasteiger partial charge < -0.3 is 4.90 Å². The van der Waals surface area contributed by atoms with E-state index in [2.05, 4.69) is 21.8 Å². The highest BCUT2D eigenvalue weighted by Crippen LogP contribution is 2.25. The molecule has 0 spiro atoms. The average molecular weight is 230 g/mol. The summed E-state index contributed by atoms with van der Waals surface area (Å²) in [4.78, 5) is 10.8. The molecule has 0 radical (unpaired) electrons. The molecule has 1 atom stereocenters. The van der Waals surface area contributed by atoms with Gasteiger partial charge in [-0.2, -0.15) is 5.26 Å². The van der Waals surface area contributed by atoms with Crippen LogP contribution in [-0.2, 0) is 0 Å². The lowest BCUT2D eigenvalue weighted by atomic mass is 9.98. The zero-order chi connectivity index (χ0) is 12.1. The molecule has 0 aliphatic carbocycles. The molecule has 90 valence electrons. The lowest BCUT2D eigenvalue weighted by Crippen LogP contribution is -2.40. The van der Waals surface area contributed by atoms with Crippen LogP contribution in [0.2, 0.25) is 0 Å². The Balaban J connectivity index is 2.14. The first kappa shape index (κ1) is 11.8. The van der Waals surface area contributed by atoms with Gasteiger partial charge in [-0.1, -0.05) is 13.3 Å². The van der Waals surface area contributed by atoms with E-state index < -0.39 is 0 Å². The fourth-order valence-corrected chi connectivity index (χ4v) is 2.46. The van der Waals surface area contributed by atoms with E-state index in [0.29, 0.717) is 11.7 Å². The monoisotopic (exact) mass is 230 g/mol. The molecule has 1 aliphatic rings. The van der Waals surface area contributed by atoms with Gasteiger partial charge in [-0.05, 0) is 25.7 Å². The quantitative estimate of drug-likeness (QED) is 0.800. The lowest BCUT2D eigenvalue weighted by Gasteiger charge is -2.36. The normalized spacial score (nSPS) is 20.0. The van der Waals surface area contributed by atoms with Gasteiger partial charge in [0.2, 0.25) is 0 Å². The van der Waals surface area contributed by atoms with Crippen LogP contribution < -0.4 is 4.90 Å². The minimum atomic E-state index is 0.387. The Bertz CT molecular complexity index is 391. The van der Waals surface area contributed by atoms with Gasteiger partial charge >= 0.3 is 0 Å². The molecule has 1 fully saturated rings. The zero-order valence-corrected chi connectivity index (χ0v) is 10.3. The number of hydrogen-bond donors (Lipinski definition) is 0. The maximum atomic E-state index is 8.71. The largest absolute Gasteiger partial charge is 0.352 e. The summed E-state index contributed by atoms with van der Waals surface area (Å²) < 4.78 is 0. The maximum absolute atomic E-state index is 8.71. The van der Waals surface area contributed by atoms with Crippen LogP contribution in [0.15, 0.2) is 12.4 Å². The molecule has 0 N–H and O–H groups in total. The molecule has 1 saturated heterocycles. The molecular weight excluding hydrogens is 212 g/mol. The second-order valence-corrected chi connectivity index (χ2v) is 4.50. The number of anilines is 1. The van der Waals surface area contributed by atoms with Crippen molar-refractivity contribution in [3.05, 3.63) is 18.1 Å². The second kappa shape index (κ2) is 5.62. The van der Waals surface area contributed by atoms with Crippen molar-refractivity contribution >= 4 is 5.82 Å². The Labute approximate surface area is 102 Å². The van der Waals surface area contributed by atoms with Gasteiger partial charge in [-0.3, -0.25) is 0 Å². The number of rotatable bonds is 3. The summed E-state index contributed by atoms with van der Waals surface area (Å²) >= 11 is 0. The van der Waals surface area contributed by atoms with Gasteiger partial charge in [0.15, 0.2) is 5.69 Å². The minimum absolute atomic E-state index is 0.387. The molecule has 1 aliphatic heterocycles.